The third-order valence-corrected chi connectivity index (χ3v) is 4.21. The van der Waals surface area contributed by atoms with Crippen LogP contribution in [0, 0.1) is 0 Å². The molecule has 2 fully saturated rings. The molecule has 0 aliphatic carbocycles. The summed E-state index contributed by atoms with van der Waals surface area (Å²) >= 11 is 0. The minimum Gasteiger partial charge on any atom is -0.484 e. The van der Waals surface area contributed by atoms with Gasteiger partial charge in [-0.2, -0.15) is 13.2 Å². The second kappa shape index (κ2) is 5.75. The van der Waals surface area contributed by atoms with Gasteiger partial charge in [0.05, 0.1) is 0 Å². The predicted molar refractivity (Wildman–Crippen MR) is 74.6 cm³/mol. The second-order valence-electron chi connectivity index (χ2n) is 5.71. The third-order valence-electron chi connectivity index (χ3n) is 4.21. The Hall–Kier alpha value is -1.43. The van der Waals surface area contributed by atoms with Crippen LogP contribution in [0.5, 0.6) is 5.75 Å². The summed E-state index contributed by atoms with van der Waals surface area (Å²) in [5.41, 5.74) is 0.938. The molecule has 2 unspecified atom stereocenters. The van der Waals surface area contributed by atoms with Crippen molar-refractivity contribution in [3.63, 3.8) is 0 Å². The highest BCUT2D eigenvalue weighted by atomic mass is 19.4. The Bertz CT molecular complexity index is 475. The molecule has 0 bridgehead atoms. The number of hydrogen-bond donors (Lipinski definition) is 1. The molecule has 0 spiro atoms. The first-order valence-corrected chi connectivity index (χ1v) is 7.31. The zero-order chi connectivity index (χ0) is 14.9. The first-order chi connectivity index (χ1) is 10.0. The number of nitrogens with zero attached hydrogens (tertiary/aromatic N) is 1. The molecular formula is C15H19F3N2O. The Labute approximate surface area is 122 Å². The summed E-state index contributed by atoms with van der Waals surface area (Å²) in [6.45, 7) is 1.07. The second-order valence-corrected chi connectivity index (χ2v) is 5.71. The summed E-state index contributed by atoms with van der Waals surface area (Å²) in [7, 11) is 0. The van der Waals surface area contributed by atoms with Gasteiger partial charge < -0.3 is 10.1 Å². The lowest BCUT2D eigenvalue weighted by Gasteiger charge is -2.22. The lowest BCUT2D eigenvalue weighted by atomic mass is 10.1. The molecule has 2 atom stereocenters. The van der Waals surface area contributed by atoms with Gasteiger partial charge in [0.25, 0.3) is 0 Å². The molecule has 0 saturated carbocycles. The maximum Gasteiger partial charge on any atom is 0.422 e. The fraction of sp³-hybridized carbons (Fsp3) is 0.600. The average molecular weight is 300 g/mol. The van der Waals surface area contributed by atoms with Crippen LogP contribution in [0.25, 0.3) is 0 Å². The monoisotopic (exact) mass is 300 g/mol. The summed E-state index contributed by atoms with van der Waals surface area (Å²) in [6.07, 6.45) is -0.693. The Kier molecular flexibility index (Phi) is 3.97. The van der Waals surface area contributed by atoms with Crippen LogP contribution in [-0.2, 0) is 0 Å². The fourth-order valence-corrected chi connectivity index (χ4v) is 3.28. The first kappa shape index (κ1) is 14.5. The van der Waals surface area contributed by atoms with Crippen molar-refractivity contribution in [1.82, 2.24) is 4.90 Å². The Morgan fingerprint density at radius 1 is 1.14 bits per heavy atom. The van der Waals surface area contributed by atoms with Gasteiger partial charge in [0.1, 0.15) is 5.75 Å². The topological polar surface area (TPSA) is 24.5 Å². The molecule has 2 aliphatic rings. The Balaban J connectivity index is 1.55. The van der Waals surface area contributed by atoms with Crippen molar-refractivity contribution in [2.75, 3.05) is 25.0 Å². The van der Waals surface area contributed by atoms with E-state index in [1.165, 1.54) is 19.4 Å². The van der Waals surface area contributed by atoms with Crippen molar-refractivity contribution in [3.05, 3.63) is 24.3 Å². The van der Waals surface area contributed by atoms with E-state index < -0.39 is 12.8 Å². The molecule has 2 saturated heterocycles. The zero-order valence-corrected chi connectivity index (χ0v) is 11.7. The van der Waals surface area contributed by atoms with Crippen LogP contribution >= 0.6 is 0 Å². The van der Waals surface area contributed by atoms with Crippen molar-refractivity contribution in [2.45, 2.75) is 37.5 Å². The number of alkyl halides is 3. The Morgan fingerprint density at radius 2 is 1.90 bits per heavy atom. The Morgan fingerprint density at radius 3 is 2.62 bits per heavy atom. The van der Waals surface area contributed by atoms with Crippen molar-refractivity contribution in [3.8, 4) is 5.75 Å². The van der Waals surface area contributed by atoms with Gasteiger partial charge in [-0.05, 0) is 50.1 Å². The quantitative estimate of drug-likeness (QED) is 0.923. The number of benzene rings is 1. The number of hydrogen-bond acceptors (Lipinski definition) is 3. The largest absolute Gasteiger partial charge is 0.484 e. The molecule has 1 aromatic carbocycles. The summed E-state index contributed by atoms with van der Waals surface area (Å²) < 4.78 is 40.9. The lowest BCUT2D eigenvalue weighted by Crippen LogP contribution is -2.33. The molecule has 1 aromatic rings. The van der Waals surface area contributed by atoms with Gasteiger partial charge in [-0.25, -0.2) is 0 Å². The standard InChI is InChI=1S/C15H19F3N2O/c16-15(17,18)10-21-12-5-3-11(4-6-12)19-13-7-9-20-8-1-2-14(13)20/h3-6,13-14,19H,1-2,7-10H2. The van der Waals surface area contributed by atoms with E-state index in [4.69, 9.17) is 4.74 Å². The molecule has 3 rings (SSSR count). The SMILES string of the molecule is FC(F)(F)COc1ccc(NC2CCN3CCCC23)cc1. The van der Waals surface area contributed by atoms with Crippen LogP contribution in [0.1, 0.15) is 19.3 Å². The highest BCUT2D eigenvalue weighted by molar-refractivity contribution is 5.47. The van der Waals surface area contributed by atoms with Crippen molar-refractivity contribution in [1.29, 1.82) is 0 Å². The van der Waals surface area contributed by atoms with Gasteiger partial charge in [0.15, 0.2) is 6.61 Å². The smallest absolute Gasteiger partial charge is 0.422 e. The lowest BCUT2D eigenvalue weighted by molar-refractivity contribution is -0.153. The number of rotatable bonds is 4. The molecule has 1 N–H and O–H groups in total. The van der Waals surface area contributed by atoms with E-state index in [1.54, 1.807) is 24.3 Å². The minimum atomic E-state index is -4.30. The van der Waals surface area contributed by atoms with Crippen molar-refractivity contribution in [2.24, 2.45) is 0 Å². The van der Waals surface area contributed by atoms with Crippen LogP contribution in [0.15, 0.2) is 24.3 Å². The van der Waals surface area contributed by atoms with Crippen LogP contribution in [0.3, 0.4) is 0 Å². The van der Waals surface area contributed by atoms with Crippen LogP contribution in [0.2, 0.25) is 0 Å². The molecule has 21 heavy (non-hydrogen) atoms. The van der Waals surface area contributed by atoms with E-state index in [-0.39, 0.29) is 5.75 Å². The average Bonchev–Trinajstić information content (AvgIpc) is 3.02. The van der Waals surface area contributed by atoms with Crippen molar-refractivity contribution >= 4 is 5.69 Å². The number of ether oxygens (including phenoxy) is 1. The highest BCUT2D eigenvalue weighted by Crippen LogP contribution is 2.30. The van der Waals surface area contributed by atoms with Gasteiger partial charge in [-0.3, -0.25) is 4.90 Å². The molecule has 3 nitrogen and oxygen atoms in total. The first-order valence-electron chi connectivity index (χ1n) is 7.31. The van der Waals surface area contributed by atoms with Gasteiger partial charge >= 0.3 is 6.18 Å². The summed E-state index contributed by atoms with van der Waals surface area (Å²) in [5, 5.41) is 3.49. The minimum absolute atomic E-state index is 0.242. The summed E-state index contributed by atoms with van der Waals surface area (Å²) in [5.74, 6) is 0.242. The van der Waals surface area contributed by atoms with E-state index >= 15 is 0 Å². The summed E-state index contributed by atoms with van der Waals surface area (Å²) in [6, 6.07) is 7.76. The van der Waals surface area contributed by atoms with Crippen LogP contribution in [0.4, 0.5) is 18.9 Å². The van der Waals surface area contributed by atoms with Crippen LogP contribution in [-0.4, -0.2) is 42.9 Å². The van der Waals surface area contributed by atoms with Crippen LogP contribution < -0.4 is 10.1 Å². The number of fused-ring (bicyclic) bond motifs is 1. The molecule has 0 radical (unpaired) electrons. The zero-order valence-electron chi connectivity index (χ0n) is 11.7. The molecule has 116 valence electrons. The maximum atomic E-state index is 12.1. The van der Waals surface area contributed by atoms with Gasteiger partial charge in [0, 0.05) is 24.3 Å². The molecular weight excluding hydrogens is 281 g/mol. The van der Waals surface area contributed by atoms with Gasteiger partial charge in [0.2, 0.25) is 0 Å². The summed E-state index contributed by atoms with van der Waals surface area (Å²) in [4.78, 5) is 2.51. The maximum absolute atomic E-state index is 12.1. The van der Waals surface area contributed by atoms with Gasteiger partial charge in [-0.15, -0.1) is 0 Å². The number of halogens is 3. The highest BCUT2D eigenvalue weighted by Gasteiger charge is 2.36. The molecule has 0 amide bonds. The van der Waals surface area contributed by atoms with E-state index in [0.29, 0.717) is 12.1 Å². The fourth-order valence-electron chi connectivity index (χ4n) is 3.28. The molecule has 2 heterocycles. The van der Waals surface area contributed by atoms with E-state index in [0.717, 1.165) is 18.7 Å². The number of nitrogens with one attached hydrogen (secondary N) is 1. The van der Waals surface area contributed by atoms with E-state index in [9.17, 15) is 13.2 Å². The van der Waals surface area contributed by atoms with E-state index in [1.807, 2.05) is 0 Å². The molecule has 2 aliphatic heterocycles. The molecule has 6 heteroatoms. The van der Waals surface area contributed by atoms with E-state index in [2.05, 4.69) is 10.2 Å². The third kappa shape index (κ3) is 3.61. The normalized spacial score (nSPS) is 25.9. The molecule has 0 aromatic heterocycles. The number of anilines is 1. The van der Waals surface area contributed by atoms with Crippen molar-refractivity contribution < 1.29 is 17.9 Å². The predicted octanol–water partition coefficient (Wildman–Crippen LogP) is 3.28. The van der Waals surface area contributed by atoms with Gasteiger partial charge in [-0.1, -0.05) is 0 Å².